The molecule has 2 saturated carbocycles. The highest BCUT2D eigenvalue weighted by Gasteiger charge is 2.42. The van der Waals surface area contributed by atoms with Crippen molar-refractivity contribution in [2.45, 2.75) is 76.3 Å². The molecule has 1 aromatic rings. The van der Waals surface area contributed by atoms with Gasteiger partial charge in [0.1, 0.15) is 0 Å². The second-order valence-corrected chi connectivity index (χ2v) is 11.1. The van der Waals surface area contributed by atoms with Crippen LogP contribution in [-0.4, -0.2) is 46.4 Å². The lowest BCUT2D eigenvalue weighted by molar-refractivity contribution is -0.384. The van der Waals surface area contributed by atoms with Gasteiger partial charge in [-0.1, -0.05) is 38.5 Å². The minimum absolute atomic E-state index is 0.0756. The van der Waals surface area contributed by atoms with Gasteiger partial charge in [0.05, 0.1) is 4.92 Å². The molecule has 0 aliphatic heterocycles. The fraction of sp³-hybridized carbons (Fsp3) is 0.667. The summed E-state index contributed by atoms with van der Waals surface area (Å²) in [5.74, 6) is -0.460. The molecule has 3 rings (SSSR count). The first-order chi connectivity index (χ1) is 14.3. The average Bonchev–Trinajstić information content (AvgIpc) is 2.79. The van der Waals surface area contributed by atoms with Gasteiger partial charge in [-0.05, 0) is 51.9 Å². The van der Waals surface area contributed by atoms with Crippen LogP contribution < -0.4 is 5.09 Å². The van der Waals surface area contributed by atoms with Crippen molar-refractivity contribution >= 4 is 19.2 Å². The molecule has 0 heterocycles. The van der Waals surface area contributed by atoms with E-state index in [0.717, 1.165) is 51.4 Å². The Balaban J connectivity index is 1.84. The zero-order valence-electron chi connectivity index (χ0n) is 18.0. The molecule has 1 amide bonds. The van der Waals surface area contributed by atoms with Crippen molar-refractivity contribution in [1.82, 2.24) is 14.4 Å². The Labute approximate surface area is 178 Å². The lowest BCUT2D eigenvalue weighted by Gasteiger charge is -2.44. The van der Waals surface area contributed by atoms with Crippen LogP contribution in [0.3, 0.4) is 0 Å². The second kappa shape index (κ2) is 10.0. The molecular formula is C21H33N4O4P. The van der Waals surface area contributed by atoms with Crippen LogP contribution in [0.1, 0.15) is 74.6 Å². The molecule has 1 aromatic carbocycles. The van der Waals surface area contributed by atoms with E-state index in [1.54, 1.807) is 0 Å². The lowest BCUT2D eigenvalue weighted by Crippen LogP contribution is -2.46. The predicted octanol–water partition coefficient (Wildman–Crippen LogP) is 4.96. The van der Waals surface area contributed by atoms with Gasteiger partial charge in [0.15, 0.2) is 0 Å². The molecule has 0 bridgehead atoms. The summed E-state index contributed by atoms with van der Waals surface area (Å²) in [7, 11) is 0.377. The number of non-ortho nitro benzene ring substituents is 1. The van der Waals surface area contributed by atoms with Crippen LogP contribution in [-0.2, 0) is 4.57 Å². The fourth-order valence-electron chi connectivity index (χ4n) is 4.66. The Bertz CT molecular complexity index is 761. The van der Waals surface area contributed by atoms with Crippen molar-refractivity contribution in [3.05, 3.63) is 39.9 Å². The molecule has 2 aliphatic rings. The first kappa shape index (κ1) is 22.9. The van der Waals surface area contributed by atoms with Gasteiger partial charge in [0.25, 0.3) is 11.6 Å². The van der Waals surface area contributed by atoms with Gasteiger partial charge < -0.3 is 0 Å². The van der Waals surface area contributed by atoms with E-state index in [2.05, 4.69) is 5.09 Å². The van der Waals surface area contributed by atoms with Gasteiger partial charge in [-0.3, -0.25) is 24.6 Å². The van der Waals surface area contributed by atoms with Crippen molar-refractivity contribution in [2.75, 3.05) is 14.1 Å². The Morgan fingerprint density at radius 1 is 0.933 bits per heavy atom. The monoisotopic (exact) mass is 436 g/mol. The zero-order valence-corrected chi connectivity index (χ0v) is 18.9. The SMILES string of the molecule is CN(C1CCCCC1)P(=O)(NC(=O)c1ccc([N+](=O)[O-])cc1)N(C)C1CCCCC1. The Hall–Kier alpha value is -1.76. The van der Waals surface area contributed by atoms with E-state index in [-0.39, 0.29) is 23.3 Å². The molecule has 0 saturated heterocycles. The number of hydrogen-bond donors (Lipinski definition) is 1. The van der Waals surface area contributed by atoms with Crippen molar-refractivity contribution in [3.63, 3.8) is 0 Å². The lowest BCUT2D eigenvalue weighted by atomic mass is 9.96. The average molecular weight is 436 g/mol. The molecule has 0 radical (unpaired) electrons. The maximum atomic E-state index is 14.4. The molecular weight excluding hydrogens is 403 g/mol. The number of nitrogens with zero attached hydrogens (tertiary/aromatic N) is 3. The number of nitro groups is 1. The molecule has 30 heavy (non-hydrogen) atoms. The summed E-state index contributed by atoms with van der Waals surface area (Å²) >= 11 is 0. The van der Waals surface area contributed by atoms with Crippen molar-refractivity contribution in [2.24, 2.45) is 0 Å². The molecule has 0 atom stereocenters. The van der Waals surface area contributed by atoms with Gasteiger partial charge in [-0.25, -0.2) is 9.34 Å². The first-order valence-electron chi connectivity index (χ1n) is 11.0. The normalized spacial score (nSPS) is 19.2. The number of rotatable bonds is 7. The molecule has 0 spiro atoms. The van der Waals surface area contributed by atoms with Crippen LogP contribution in [0.25, 0.3) is 0 Å². The van der Waals surface area contributed by atoms with E-state index >= 15 is 0 Å². The largest absolute Gasteiger partial charge is 0.311 e. The van der Waals surface area contributed by atoms with Crippen LogP contribution in [0.5, 0.6) is 0 Å². The van der Waals surface area contributed by atoms with E-state index in [9.17, 15) is 19.5 Å². The Morgan fingerprint density at radius 2 is 1.37 bits per heavy atom. The number of nitro benzene ring substituents is 1. The third kappa shape index (κ3) is 5.10. The number of hydrogen-bond acceptors (Lipinski definition) is 4. The molecule has 0 unspecified atom stereocenters. The van der Waals surface area contributed by atoms with E-state index in [1.807, 2.05) is 23.4 Å². The third-order valence-electron chi connectivity index (χ3n) is 6.65. The first-order valence-corrected chi connectivity index (χ1v) is 12.6. The Morgan fingerprint density at radius 3 is 1.77 bits per heavy atom. The van der Waals surface area contributed by atoms with E-state index < -0.39 is 18.4 Å². The molecule has 8 nitrogen and oxygen atoms in total. The van der Waals surface area contributed by atoms with Gasteiger partial charge in [0, 0.05) is 29.8 Å². The standard InChI is InChI=1S/C21H33N4O4P/c1-23(18-9-5-3-6-10-18)30(29,24(2)19-11-7-4-8-12-19)22-21(26)17-13-15-20(16-14-17)25(27)28/h13-16,18-19H,3-12H2,1-2H3,(H,22,26,29). The predicted molar refractivity (Wildman–Crippen MR) is 117 cm³/mol. The number of nitrogens with one attached hydrogen (secondary N) is 1. The van der Waals surface area contributed by atoms with Crippen LogP contribution in [0.4, 0.5) is 5.69 Å². The summed E-state index contributed by atoms with van der Waals surface area (Å²) in [6.07, 6.45) is 10.7. The van der Waals surface area contributed by atoms with Crippen molar-refractivity contribution in [3.8, 4) is 0 Å². The molecule has 1 N–H and O–H groups in total. The smallest absolute Gasteiger partial charge is 0.279 e. The highest BCUT2D eigenvalue weighted by Crippen LogP contribution is 2.53. The molecule has 166 valence electrons. The summed E-state index contributed by atoms with van der Waals surface area (Å²) in [6, 6.07) is 5.78. The summed E-state index contributed by atoms with van der Waals surface area (Å²) in [6.45, 7) is 0. The maximum Gasteiger partial charge on any atom is 0.311 e. The number of amides is 1. The zero-order chi connectivity index (χ0) is 21.7. The minimum Gasteiger partial charge on any atom is -0.279 e. The van der Waals surface area contributed by atoms with Gasteiger partial charge >= 0.3 is 7.59 Å². The topological polar surface area (TPSA) is 95.8 Å². The molecule has 2 fully saturated rings. The number of benzene rings is 1. The quantitative estimate of drug-likeness (QED) is 0.369. The highest BCUT2D eigenvalue weighted by atomic mass is 31.2. The molecule has 0 aromatic heterocycles. The van der Waals surface area contributed by atoms with Crippen LogP contribution in [0, 0.1) is 10.1 Å². The Kier molecular flexibility index (Phi) is 7.66. The minimum atomic E-state index is -3.36. The summed E-state index contributed by atoms with van der Waals surface area (Å²) in [5, 5.41) is 13.7. The van der Waals surface area contributed by atoms with Gasteiger partial charge in [-0.2, -0.15) is 0 Å². The van der Waals surface area contributed by atoms with Gasteiger partial charge in [-0.15, -0.1) is 0 Å². The van der Waals surface area contributed by atoms with Crippen LogP contribution >= 0.6 is 7.59 Å². The van der Waals surface area contributed by atoms with E-state index in [1.165, 1.54) is 37.1 Å². The van der Waals surface area contributed by atoms with Gasteiger partial charge in [0.2, 0.25) is 0 Å². The second-order valence-electron chi connectivity index (χ2n) is 8.52. The maximum absolute atomic E-state index is 14.4. The number of carbonyl (C=O) groups is 1. The summed E-state index contributed by atoms with van der Waals surface area (Å²) < 4.78 is 18.2. The van der Waals surface area contributed by atoms with Crippen molar-refractivity contribution in [1.29, 1.82) is 0 Å². The number of carbonyl (C=O) groups excluding carboxylic acids is 1. The molecule has 9 heteroatoms. The van der Waals surface area contributed by atoms with Crippen LogP contribution in [0.2, 0.25) is 0 Å². The third-order valence-corrected chi connectivity index (χ3v) is 9.51. The van der Waals surface area contributed by atoms with Crippen molar-refractivity contribution < 1.29 is 14.3 Å². The summed E-state index contributed by atoms with van der Waals surface area (Å²) in [5.41, 5.74) is 0.197. The highest BCUT2D eigenvalue weighted by molar-refractivity contribution is 7.57. The summed E-state index contributed by atoms with van der Waals surface area (Å²) in [4.78, 5) is 23.4. The van der Waals surface area contributed by atoms with Crippen LogP contribution in [0.15, 0.2) is 24.3 Å². The van der Waals surface area contributed by atoms with E-state index in [4.69, 9.17) is 0 Å². The fourth-order valence-corrected chi connectivity index (χ4v) is 7.17. The molecule has 2 aliphatic carbocycles. The van der Waals surface area contributed by atoms with E-state index in [0.29, 0.717) is 0 Å².